The average Bonchev–Trinajstić information content (AvgIpc) is 2.67. The van der Waals surface area contributed by atoms with E-state index in [0.29, 0.717) is 37.3 Å². The van der Waals surface area contributed by atoms with E-state index in [1.165, 1.54) is 18.3 Å². The fraction of sp³-hybridized carbons (Fsp3) is 0.222. The first-order chi connectivity index (χ1) is 12.1. The summed E-state index contributed by atoms with van der Waals surface area (Å²) in [5.74, 6) is -0.831. The summed E-state index contributed by atoms with van der Waals surface area (Å²) in [6.07, 6.45) is 1.35. The van der Waals surface area contributed by atoms with Gasteiger partial charge in [0.2, 0.25) is 0 Å². The number of piperazine rings is 1. The van der Waals surface area contributed by atoms with E-state index in [1.54, 1.807) is 21.9 Å². The highest BCUT2D eigenvalue weighted by molar-refractivity contribution is 5.96. The van der Waals surface area contributed by atoms with Crippen molar-refractivity contribution in [1.82, 2.24) is 14.8 Å². The van der Waals surface area contributed by atoms with Gasteiger partial charge in [-0.05, 0) is 24.3 Å². The van der Waals surface area contributed by atoms with Crippen LogP contribution in [0, 0.1) is 0 Å². The van der Waals surface area contributed by atoms with E-state index >= 15 is 0 Å². The number of amides is 3. The number of nitrogens with zero attached hydrogens (tertiary/aromatic N) is 3. The zero-order chi connectivity index (χ0) is 17.8. The summed E-state index contributed by atoms with van der Waals surface area (Å²) in [6.45, 7) is 1.86. The summed E-state index contributed by atoms with van der Waals surface area (Å²) in [7, 11) is 0. The monoisotopic (exact) mass is 338 g/mol. The number of pyridine rings is 1. The molecule has 0 atom stereocenters. The third-order valence-corrected chi connectivity index (χ3v) is 4.14. The molecule has 25 heavy (non-hydrogen) atoms. The van der Waals surface area contributed by atoms with Gasteiger partial charge in [0, 0.05) is 37.9 Å². The summed E-state index contributed by atoms with van der Waals surface area (Å²) in [4.78, 5) is 43.2. The molecule has 7 heteroatoms. The lowest BCUT2D eigenvalue weighted by molar-refractivity contribution is 0.0535. The summed E-state index contributed by atoms with van der Waals surface area (Å²) >= 11 is 0. The Morgan fingerprint density at radius 2 is 1.36 bits per heavy atom. The molecule has 1 aliphatic heterocycles. The highest BCUT2D eigenvalue weighted by Crippen LogP contribution is 2.12. The van der Waals surface area contributed by atoms with Crippen LogP contribution in [0.25, 0.3) is 0 Å². The molecule has 0 saturated carbocycles. The number of benzene rings is 1. The molecule has 1 aliphatic rings. The molecule has 7 nitrogen and oxygen atoms in total. The van der Waals surface area contributed by atoms with Crippen LogP contribution in [-0.4, -0.2) is 58.7 Å². The van der Waals surface area contributed by atoms with E-state index in [9.17, 15) is 14.4 Å². The molecular weight excluding hydrogens is 320 g/mol. The number of primary amides is 1. The molecule has 3 amide bonds. The van der Waals surface area contributed by atoms with Crippen molar-refractivity contribution in [2.24, 2.45) is 5.73 Å². The standard InChI is InChI=1S/C18H18N4O3/c19-16(23)15-7-6-14(12-20-15)18(25)22-10-8-21(9-11-22)17(24)13-4-2-1-3-5-13/h1-7,12H,8-11H2,(H2,19,23). The first-order valence-electron chi connectivity index (χ1n) is 7.96. The normalized spacial score (nSPS) is 14.2. The highest BCUT2D eigenvalue weighted by atomic mass is 16.2. The third kappa shape index (κ3) is 3.65. The van der Waals surface area contributed by atoms with Crippen molar-refractivity contribution < 1.29 is 14.4 Å². The van der Waals surface area contributed by atoms with Gasteiger partial charge in [0.25, 0.3) is 17.7 Å². The van der Waals surface area contributed by atoms with Gasteiger partial charge >= 0.3 is 0 Å². The van der Waals surface area contributed by atoms with Gasteiger partial charge in [-0.3, -0.25) is 19.4 Å². The van der Waals surface area contributed by atoms with Crippen LogP contribution in [0.1, 0.15) is 31.2 Å². The number of nitrogens with two attached hydrogens (primary N) is 1. The largest absolute Gasteiger partial charge is 0.364 e. The zero-order valence-electron chi connectivity index (χ0n) is 13.6. The molecule has 0 bridgehead atoms. The van der Waals surface area contributed by atoms with Crippen LogP contribution in [0.5, 0.6) is 0 Å². The van der Waals surface area contributed by atoms with Gasteiger partial charge in [-0.1, -0.05) is 18.2 Å². The van der Waals surface area contributed by atoms with Crippen molar-refractivity contribution in [2.45, 2.75) is 0 Å². The van der Waals surface area contributed by atoms with E-state index in [2.05, 4.69) is 4.98 Å². The van der Waals surface area contributed by atoms with Crippen molar-refractivity contribution in [3.63, 3.8) is 0 Å². The Hall–Kier alpha value is -3.22. The fourth-order valence-electron chi connectivity index (χ4n) is 2.72. The molecule has 128 valence electrons. The Morgan fingerprint density at radius 1 is 0.800 bits per heavy atom. The maximum absolute atomic E-state index is 12.5. The van der Waals surface area contributed by atoms with Gasteiger partial charge in [-0.25, -0.2) is 0 Å². The molecule has 0 aliphatic carbocycles. The van der Waals surface area contributed by atoms with Gasteiger partial charge in [0.1, 0.15) is 5.69 Å². The van der Waals surface area contributed by atoms with Crippen LogP contribution in [0.2, 0.25) is 0 Å². The second-order valence-electron chi connectivity index (χ2n) is 5.75. The van der Waals surface area contributed by atoms with Gasteiger partial charge in [0.05, 0.1) is 5.56 Å². The molecule has 2 heterocycles. The predicted octanol–water partition coefficient (Wildman–Crippen LogP) is 0.779. The van der Waals surface area contributed by atoms with E-state index in [4.69, 9.17) is 5.73 Å². The number of hydrogen-bond donors (Lipinski definition) is 1. The Balaban J connectivity index is 1.61. The van der Waals surface area contributed by atoms with Crippen molar-refractivity contribution in [1.29, 1.82) is 0 Å². The first-order valence-corrected chi connectivity index (χ1v) is 7.96. The summed E-state index contributed by atoms with van der Waals surface area (Å²) in [5.41, 5.74) is 6.30. The van der Waals surface area contributed by atoms with E-state index in [1.807, 2.05) is 18.2 Å². The van der Waals surface area contributed by atoms with Gasteiger partial charge in [-0.2, -0.15) is 0 Å². The summed E-state index contributed by atoms with van der Waals surface area (Å²) in [5, 5.41) is 0. The summed E-state index contributed by atoms with van der Waals surface area (Å²) in [6, 6.07) is 12.1. The molecule has 1 aromatic carbocycles. The Labute approximate surface area is 145 Å². The smallest absolute Gasteiger partial charge is 0.267 e. The molecule has 0 spiro atoms. The first kappa shape index (κ1) is 16.6. The van der Waals surface area contributed by atoms with Crippen LogP contribution in [0.3, 0.4) is 0 Å². The van der Waals surface area contributed by atoms with Crippen molar-refractivity contribution >= 4 is 17.7 Å². The number of rotatable bonds is 3. The second kappa shape index (κ2) is 7.12. The maximum Gasteiger partial charge on any atom is 0.267 e. The quantitative estimate of drug-likeness (QED) is 0.894. The lowest BCUT2D eigenvalue weighted by Gasteiger charge is -2.34. The lowest BCUT2D eigenvalue weighted by Crippen LogP contribution is -2.50. The minimum atomic E-state index is -0.632. The SMILES string of the molecule is NC(=O)c1ccc(C(=O)N2CCN(C(=O)c3ccccc3)CC2)cn1. The highest BCUT2D eigenvalue weighted by Gasteiger charge is 2.25. The molecular formula is C18H18N4O3. The maximum atomic E-state index is 12.5. The van der Waals surface area contributed by atoms with Crippen LogP contribution in [0.15, 0.2) is 48.7 Å². The fourth-order valence-corrected chi connectivity index (χ4v) is 2.72. The van der Waals surface area contributed by atoms with Crippen molar-refractivity contribution in [2.75, 3.05) is 26.2 Å². The van der Waals surface area contributed by atoms with Crippen LogP contribution in [-0.2, 0) is 0 Å². The minimum Gasteiger partial charge on any atom is -0.364 e. The van der Waals surface area contributed by atoms with Crippen LogP contribution in [0.4, 0.5) is 0 Å². The minimum absolute atomic E-state index is 0.0276. The van der Waals surface area contributed by atoms with Gasteiger partial charge in [0.15, 0.2) is 0 Å². The molecule has 0 radical (unpaired) electrons. The second-order valence-corrected chi connectivity index (χ2v) is 5.75. The van der Waals surface area contributed by atoms with E-state index in [0.717, 1.165) is 0 Å². The van der Waals surface area contributed by atoms with Crippen molar-refractivity contribution in [3.8, 4) is 0 Å². The van der Waals surface area contributed by atoms with Gasteiger partial charge in [-0.15, -0.1) is 0 Å². The van der Waals surface area contributed by atoms with Crippen molar-refractivity contribution in [3.05, 3.63) is 65.5 Å². The van der Waals surface area contributed by atoms with Gasteiger partial charge < -0.3 is 15.5 Å². The molecule has 2 aromatic rings. The summed E-state index contributed by atoms with van der Waals surface area (Å²) < 4.78 is 0. The lowest BCUT2D eigenvalue weighted by atomic mass is 10.1. The number of carbonyl (C=O) groups is 3. The molecule has 1 fully saturated rings. The van der Waals surface area contributed by atoms with Crippen LogP contribution < -0.4 is 5.73 Å². The third-order valence-electron chi connectivity index (χ3n) is 4.14. The Kier molecular flexibility index (Phi) is 4.74. The number of hydrogen-bond acceptors (Lipinski definition) is 4. The molecule has 1 saturated heterocycles. The van der Waals surface area contributed by atoms with E-state index in [-0.39, 0.29) is 17.5 Å². The molecule has 1 aromatic heterocycles. The van der Waals surface area contributed by atoms with E-state index < -0.39 is 5.91 Å². The Morgan fingerprint density at radius 3 is 1.84 bits per heavy atom. The number of carbonyl (C=O) groups excluding carboxylic acids is 3. The molecule has 3 rings (SSSR count). The molecule has 2 N–H and O–H groups in total. The molecule has 0 unspecified atom stereocenters. The zero-order valence-corrected chi connectivity index (χ0v) is 13.6. The average molecular weight is 338 g/mol. The number of aromatic nitrogens is 1. The topological polar surface area (TPSA) is 96.6 Å². The predicted molar refractivity (Wildman–Crippen MR) is 91.0 cm³/mol. The Bertz CT molecular complexity index is 782. The van der Waals surface area contributed by atoms with Crippen LogP contribution >= 0.6 is 0 Å².